The van der Waals surface area contributed by atoms with Gasteiger partial charge in [0, 0.05) is 18.0 Å². The van der Waals surface area contributed by atoms with Gasteiger partial charge in [0.15, 0.2) is 0 Å². The Morgan fingerprint density at radius 2 is 2.10 bits per heavy atom. The van der Waals surface area contributed by atoms with Gasteiger partial charge in [0.2, 0.25) is 11.7 Å². The number of nitrogens with zero attached hydrogens (tertiary/aromatic N) is 2. The zero-order valence-corrected chi connectivity index (χ0v) is 13.3. The molecule has 1 aromatic heterocycles. The van der Waals surface area contributed by atoms with Crippen LogP contribution in [0.15, 0.2) is 22.7 Å². The fourth-order valence-corrected chi connectivity index (χ4v) is 2.39. The molecule has 0 bridgehead atoms. The maximum absolute atomic E-state index is 13.1. The van der Waals surface area contributed by atoms with E-state index in [2.05, 4.69) is 36.2 Å². The van der Waals surface area contributed by atoms with Crippen LogP contribution < -0.4 is 5.32 Å². The van der Waals surface area contributed by atoms with Gasteiger partial charge in [-0.1, -0.05) is 37.5 Å². The minimum Gasteiger partial charge on any atom is -0.339 e. The Kier molecular flexibility index (Phi) is 4.64. The summed E-state index contributed by atoms with van der Waals surface area (Å²) in [5.41, 5.74) is 0.626. The zero-order valence-electron chi connectivity index (χ0n) is 12.6. The van der Waals surface area contributed by atoms with Crippen LogP contribution in [0.2, 0.25) is 5.02 Å². The molecular weight excluding hydrogens is 293 g/mol. The van der Waals surface area contributed by atoms with Crippen molar-refractivity contribution >= 4 is 11.6 Å². The summed E-state index contributed by atoms with van der Waals surface area (Å²) in [4.78, 5) is 4.35. The van der Waals surface area contributed by atoms with Gasteiger partial charge < -0.3 is 9.84 Å². The van der Waals surface area contributed by atoms with Crippen molar-refractivity contribution in [1.82, 2.24) is 15.5 Å². The van der Waals surface area contributed by atoms with Crippen molar-refractivity contribution in [3.63, 3.8) is 0 Å². The molecule has 6 heteroatoms. The summed E-state index contributed by atoms with van der Waals surface area (Å²) in [6.07, 6.45) is 0.617. The number of benzene rings is 1. The van der Waals surface area contributed by atoms with Gasteiger partial charge in [0.25, 0.3) is 0 Å². The number of likely N-dealkylation sites (N-methyl/N-ethyl adjacent to an activating group) is 1. The van der Waals surface area contributed by atoms with Gasteiger partial charge >= 0.3 is 0 Å². The monoisotopic (exact) mass is 311 g/mol. The maximum Gasteiger partial charge on any atom is 0.228 e. The molecule has 0 saturated carbocycles. The lowest BCUT2D eigenvalue weighted by molar-refractivity contribution is 0.255. The van der Waals surface area contributed by atoms with Crippen molar-refractivity contribution in [2.75, 3.05) is 7.05 Å². The molecule has 0 fully saturated rings. The Hall–Kier alpha value is -1.46. The molecule has 1 unspecified atom stereocenters. The summed E-state index contributed by atoms with van der Waals surface area (Å²) >= 11 is 6.00. The van der Waals surface area contributed by atoms with E-state index in [0.717, 1.165) is 0 Å². The standard InChI is InChI=1S/C15H19ClFN3O/c1-15(2,3)12(18-4)8-13-19-14(20-21-13)10-6-5-9(17)7-11(10)16/h5-7,12,18H,8H2,1-4H3. The van der Waals surface area contributed by atoms with Crippen LogP contribution in [0.3, 0.4) is 0 Å². The predicted octanol–water partition coefficient (Wildman–Crippen LogP) is 3.71. The molecule has 0 aliphatic carbocycles. The Bertz CT molecular complexity index is 622. The zero-order chi connectivity index (χ0) is 15.6. The van der Waals surface area contributed by atoms with Gasteiger partial charge in [0.1, 0.15) is 5.82 Å². The van der Waals surface area contributed by atoms with Crippen LogP contribution in [0, 0.1) is 11.2 Å². The highest BCUT2D eigenvalue weighted by atomic mass is 35.5. The highest BCUT2D eigenvalue weighted by Crippen LogP contribution is 2.27. The molecule has 114 valence electrons. The summed E-state index contributed by atoms with van der Waals surface area (Å²) in [5.74, 6) is 0.508. The van der Waals surface area contributed by atoms with Gasteiger partial charge in [-0.05, 0) is 30.7 Å². The molecule has 0 radical (unpaired) electrons. The number of hydrogen-bond acceptors (Lipinski definition) is 4. The van der Waals surface area contributed by atoms with E-state index in [-0.39, 0.29) is 16.5 Å². The molecule has 1 heterocycles. The van der Waals surface area contributed by atoms with E-state index < -0.39 is 5.82 Å². The average Bonchev–Trinajstić information content (AvgIpc) is 2.82. The first-order valence-corrected chi connectivity index (χ1v) is 7.14. The van der Waals surface area contributed by atoms with Crippen LogP contribution in [0.1, 0.15) is 26.7 Å². The van der Waals surface area contributed by atoms with Gasteiger partial charge in [-0.2, -0.15) is 4.98 Å². The van der Waals surface area contributed by atoms with E-state index in [1.807, 2.05) is 7.05 Å². The van der Waals surface area contributed by atoms with Crippen LogP contribution in [0.5, 0.6) is 0 Å². The first-order chi connectivity index (χ1) is 9.81. The number of nitrogens with one attached hydrogen (secondary N) is 1. The van der Waals surface area contributed by atoms with Gasteiger partial charge in [-0.15, -0.1) is 0 Å². The molecule has 4 nitrogen and oxygen atoms in total. The molecule has 0 aliphatic rings. The molecule has 1 N–H and O–H groups in total. The molecule has 2 rings (SSSR count). The Labute approximate surface area is 128 Å². The van der Waals surface area contributed by atoms with Crippen molar-refractivity contribution in [3.8, 4) is 11.4 Å². The summed E-state index contributed by atoms with van der Waals surface area (Å²) < 4.78 is 18.3. The lowest BCUT2D eigenvalue weighted by atomic mass is 9.85. The molecule has 0 spiro atoms. The SMILES string of the molecule is CNC(Cc1nc(-c2ccc(F)cc2Cl)no1)C(C)(C)C. The molecular formula is C15H19ClFN3O. The quantitative estimate of drug-likeness (QED) is 0.935. The summed E-state index contributed by atoms with van der Waals surface area (Å²) in [7, 11) is 1.91. The number of aromatic nitrogens is 2. The fourth-order valence-electron chi connectivity index (χ4n) is 2.13. The molecule has 21 heavy (non-hydrogen) atoms. The topological polar surface area (TPSA) is 51.0 Å². The molecule has 0 saturated heterocycles. The van der Waals surface area contributed by atoms with Gasteiger partial charge in [-0.25, -0.2) is 4.39 Å². The van der Waals surface area contributed by atoms with E-state index in [4.69, 9.17) is 16.1 Å². The minimum absolute atomic E-state index is 0.0664. The van der Waals surface area contributed by atoms with Crippen molar-refractivity contribution in [3.05, 3.63) is 34.9 Å². The highest BCUT2D eigenvalue weighted by Gasteiger charge is 2.25. The maximum atomic E-state index is 13.1. The molecule has 0 aliphatic heterocycles. The van der Waals surface area contributed by atoms with Gasteiger partial charge in [-0.3, -0.25) is 0 Å². The minimum atomic E-state index is -0.393. The van der Waals surface area contributed by atoms with Crippen molar-refractivity contribution in [2.24, 2.45) is 5.41 Å². The van der Waals surface area contributed by atoms with E-state index >= 15 is 0 Å². The smallest absolute Gasteiger partial charge is 0.228 e. The van der Waals surface area contributed by atoms with E-state index in [1.54, 1.807) is 6.07 Å². The summed E-state index contributed by atoms with van der Waals surface area (Å²) in [6.45, 7) is 6.42. The second-order valence-electron chi connectivity index (χ2n) is 6.05. The lowest BCUT2D eigenvalue weighted by Gasteiger charge is -2.29. The van der Waals surface area contributed by atoms with Crippen molar-refractivity contribution in [2.45, 2.75) is 33.2 Å². The second kappa shape index (κ2) is 6.12. The number of halogens is 2. The normalized spacial score (nSPS) is 13.4. The first kappa shape index (κ1) is 15.9. The third kappa shape index (κ3) is 3.80. The molecule has 1 atom stereocenters. The fraction of sp³-hybridized carbons (Fsp3) is 0.467. The van der Waals surface area contributed by atoms with Crippen molar-refractivity contribution < 1.29 is 8.91 Å². The van der Waals surface area contributed by atoms with Crippen LogP contribution >= 0.6 is 11.6 Å². The van der Waals surface area contributed by atoms with Crippen molar-refractivity contribution in [1.29, 1.82) is 0 Å². The van der Waals surface area contributed by atoms with E-state index in [9.17, 15) is 4.39 Å². The van der Waals surface area contributed by atoms with Crippen LogP contribution in [0.25, 0.3) is 11.4 Å². The average molecular weight is 312 g/mol. The third-order valence-electron chi connectivity index (χ3n) is 3.41. The van der Waals surface area contributed by atoms with E-state index in [1.165, 1.54) is 12.1 Å². The number of rotatable bonds is 4. The van der Waals surface area contributed by atoms with Gasteiger partial charge in [0.05, 0.1) is 5.02 Å². The lowest BCUT2D eigenvalue weighted by Crippen LogP contribution is -2.39. The van der Waals surface area contributed by atoms with E-state index in [0.29, 0.717) is 23.7 Å². The second-order valence-corrected chi connectivity index (χ2v) is 6.45. The Morgan fingerprint density at radius 1 is 1.38 bits per heavy atom. The first-order valence-electron chi connectivity index (χ1n) is 6.76. The molecule has 0 amide bonds. The van der Waals surface area contributed by atoms with Crippen LogP contribution in [-0.4, -0.2) is 23.2 Å². The number of hydrogen-bond donors (Lipinski definition) is 1. The summed E-state index contributed by atoms with van der Waals surface area (Å²) in [6, 6.07) is 4.31. The van der Waals surface area contributed by atoms with Crippen LogP contribution in [0.4, 0.5) is 4.39 Å². The molecule has 1 aromatic carbocycles. The Balaban J connectivity index is 2.22. The highest BCUT2D eigenvalue weighted by molar-refractivity contribution is 6.33. The van der Waals surface area contributed by atoms with Crippen LogP contribution in [-0.2, 0) is 6.42 Å². The predicted molar refractivity (Wildman–Crippen MR) is 80.7 cm³/mol. The summed E-state index contributed by atoms with van der Waals surface area (Å²) in [5, 5.41) is 7.45. The Morgan fingerprint density at radius 3 is 2.67 bits per heavy atom. The molecule has 2 aromatic rings. The third-order valence-corrected chi connectivity index (χ3v) is 3.73. The largest absolute Gasteiger partial charge is 0.339 e.